The van der Waals surface area contributed by atoms with Crippen molar-refractivity contribution in [2.24, 2.45) is 5.84 Å². The Morgan fingerprint density at radius 1 is 1.33 bits per heavy atom. The first-order chi connectivity index (χ1) is 10.2. The number of aryl methyl sites for hydroxylation is 2. The second-order valence-corrected chi connectivity index (χ2v) is 4.33. The summed E-state index contributed by atoms with van der Waals surface area (Å²) in [7, 11) is 0. The molecular weight excluding hydrogens is 276 g/mol. The number of fused-ring (bicyclic) bond motifs is 1. The summed E-state index contributed by atoms with van der Waals surface area (Å²) >= 11 is 0. The molecule has 0 aliphatic carbocycles. The minimum absolute atomic E-state index is 0.113. The minimum atomic E-state index is -0.521. The molecule has 1 aromatic carbocycles. The van der Waals surface area contributed by atoms with Crippen molar-refractivity contribution in [1.29, 1.82) is 0 Å². The van der Waals surface area contributed by atoms with Crippen LogP contribution in [-0.4, -0.2) is 25.5 Å². The molecule has 3 rings (SSSR count). The molecule has 108 valence electrons. The van der Waals surface area contributed by atoms with E-state index < -0.39 is 11.7 Å². The van der Waals surface area contributed by atoms with Crippen LogP contribution >= 0.6 is 0 Å². The van der Waals surface area contributed by atoms with Crippen LogP contribution in [-0.2, 0) is 13.1 Å². The Morgan fingerprint density at radius 3 is 2.95 bits per heavy atom. The first-order valence-electron chi connectivity index (χ1n) is 6.18. The Bertz CT molecular complexity index is 846. The third-order valence-electron chi connectivity index (χ3n) is 3.03. The van der Waals surface area contributed by atoms with Gasteiger partial charge in [-0.25, -0.2) is 15.3 Å². The van der Waals surface area contributed by atoms with Gasteiger partial charge in [-0.15, -0.1) is 5.10 Å². The Hall–Kier alpha value is -2.94. The van der Waals surface area contributed by atoms with Crippen molar-refractivity contribution in [3.05, 3.63) is 46.7 Å². The number of nitrogens with one attached hydrogen (secondary N) is 1. The minimum Gasteiger partial charge on any atom is -0.408 e. The van der Waals surface area contributed by atoms with E-state index in [-0.39, 0.29) is 5.69 Å². The molecule has 1 amide bonds. The summed E-state index contributed by atoms with van der Waals surface area (Å²) in [4.78, 5) is 23.1. The van der Waals surface area contributed by atoms with Gasteiger partial charge in [-0.2, -0.15) is 0 Å². The van der Waals surface area contributed by atoms with Gasteiger partial charge in [0.05, 0.1) is 18.3 Å². The number of oxazole rings is 1. The third-order valence-corrected chi connectivity index (χ3v) is 3.03. The van der Waals surface area contributed by atoms with Crippen molar-refractivity contribution in [2.45, 2.75) is 13.1 Å². The molecule has 9 nitrogen and oxygen atoms in total. The molecule has 0 fully saturated rings. The average molecular weight is 288 g/mol. The van der Waals surface area contributed by atoms with Crippen LogP contribution in [0.25, 0.3) is 11.1 Å². The van der Waals surface area contributed by atoms with E-state index in [0.29, 0.717) is 24.2 Å². The lowest BCUT2D eigenvalue weighted by atomic mass is 10.3. The molecule has 2 aromatic heterocycles. The summed E-state index contributed by atoms with van der Waals surface area (Å²) < 4.78 is 8.09. The number of hydrogen-bond acceptors (Lipinski definition) is 6. The molecule has 0 bridgehead atoms. The molecular formula is C12H12N6O3. The number of nitrogens with two attached hydrogens (primary N) is 1. The summed E-state index contributed by atoms with van der Waals surface area (Å²) in [5, 5.41) is 7.48. The lowest BCUT2D eigenvalue weighted by Crippen LogP contribution is -2.30. The molecule has 0 atom stereocenters. The van der Waals surface area contributed by atoms with Crippen LogP contribution in [0.15, 0.2) is 39.7 Å². The standard InChI is InChI=1S/C12H12N6O3/c13-14-11(19)8-7-17(16-15-8)5-6-18-9-3-1-2-4-10(9)21-12(18)20/h1-4,7H,5-6,13H2,(H,14,19). The molecule has 0 unspecified atom stereocenters. The second-order valence-electron chi connectivity index (χ2n) is 4.33. The summed E-state index contributed by atoms with van der Waals surface area (Å²) in [5.41, 5.74) is 3.33. The number of hydrazine groups is 1. The van der Waals surface area contributed by atoms with Gasteiger partial charge in [0, 0.05) is 6.54 Å². The monoisotopic (exact) mass is 288 g/mol. The van der Waals surface area contributed by atoms with E-state index in [0.717, 1.165) is 0 Å². The van der Waals surface area contributed by atoms with Crippen LogP contribution in [0.4, 0.5) is 0 Å². The maximum absolute atomic E-state index is 11.8. The lowest BCUT2D eigenvalue weighted by Gasteiger charge is -2.01. The topological polar surface area (TPSA) is 121 Å². The molecule has 0 saturated heterocycles. The quantitative estimate of drug-likeness (QED) is 0.379. The van der Waals surface area contributed by atoms with E-state index in [4.69, 9.17) is 10.3 Å². The van der Waals surface area contributed by atoms with Crippen LogP contribution < -0.4 is 17.0 Å². The van der Waals surface area contributed by atoms with Gasteiger partial charge in [-0.05, 0) is 12.1 Å². The van der Waals surface area contributed by atoms with E-state index >= 15 is 0 Å². The normalized spacial score (nSPS) is 10.9. The number of benzene rings is 1. The number of aromatic nitrogens is 4. The van der Waals surface area contributed by atoms with Crippen molar-refractivity contribution in [2.75, 3.05) is 0 Å². The highest BCUT2D eigenvalue weighted by atomic mass is 16.4. The average Bonchev–Trinajstić information content (AvgIpc) is 3.08. The number of amides is 1. The van der Waals surface area contributed by atoms with Gasteiger partial charge in [0.2, 0.25) is 0 Å². The fourth-order valence-corrected chi connectivity index (χ4v) is 2.01. The Kier molecular flexibility index (Phi) is 3.24. The smallest absolute Gasteiger partial charge is 0.408 e. The molecule has 0 radical (unpaired) electrons. The third kappa shape index (κ3) is 2.41. The van der Waals surface area contributed by atoms with Gasteiger partial charge in [0.15, 0.2) is 11.3 Å². The summed E-state index contributed by atoms with van der Waals surface area (Å²) in [6.07, 6.45) is 1.45. The van der Waals surface area contributed by atoms with E-state index in [2.05, 4.69) is 10.3 Å². The first-order valence-corrected chi connectivity index (χ1v) is 6.18. The van der Waals surface area contributed by atoms with E-state index in [1.807, 2.05) is 11.5 Å². The Labute approximate surface area is 117 Å². The fraction of sp³-hybridized carbons (Fsp3) is 0.167. The number of nitrogens with zero attached hydrogens (tertiary/aromatic N) is 4. The van der Waals surface area contributed by atoms with Crippen LogP contribution in [0.3, 0.4) is 0 Å². The largest absolute Gasteiger partial charge is 0.420 e. The maximum Gasteiger partial charge on any atom is 0.420 e. The molecule has 9 heteroatoms. The summed E-state index contributed by atoms with van der Waals surface area (Å²) in [5.74, 6) is 4.06. The van der Waals surface area contributed by atoms with Gasteiger partial charge in [-0.3, -0.25) is 14.8 Å². The Morgan fingerprint density at radius 2 is 2.14 bits per heavy atom. The zero-order valence-electron chi connectivity index (χ0n) is 10.9. The molecule has 0 saturated carbocycles. The van der Waals surface area contributed by atoms with Gasteiger partial charge < -0.3 is 4.42 Å². The van der Waals surface area contributed by atoms with Crippen molar-refractivity contribution in [3.63, 3.8) is 0 Å². The predicted molar refractivity (Wildman–Crippen MR) is 72.1 cm³/mol. The highest BCUT2D eigenvalue weighted by Gasteiger charge is 2.11. The molecule has 0 spiro atoms. The lowest BCUT2D eigenvalue weighted by molar-refractivity contribution is 0.0948. The van der Waals surface area contributed by atoms with Gasteiger partial charge in [0.25, 0.3) is 5.91 Å². The Balaban J connectivity index is 1.80. The number of carbonyl (C=O) groups is 1. The highest BCUT2D eigenvalue weighted by molar-refractivity contribution is 5.91. The first kappa shape index (κ1) is 13.1. The number of nitrogen functional groups attached to an aromatic ring is 1. The highest BCUT2D eigenvalue weighted by Crippen LogP contribution is 2.11. The predicted octanol–water partition coefficient (Wildman–Crippen LogP) is -0.510. The summed E-state index contributed by atoms with van der Waals surface area (Å²) in [6, 6.07) is 7.15. The van der Waals surface area contributed by atoms with Crippen LogP contribution in [0.2, 0.25) is 0 Å². The molecule has 3 aromatic rings. The number of para-hydroxylation sites is 2. The van der Waals surface area contributed by atoms with E-state index in [1.165, 1.54) is 15.4 Å². The molecule has 2 heterocycles. The summed E-state index contributed by atoms with van der Waals surface area (Å²) in [6.45, 7) is 0.719. The van der Waals surface area contributed by atoms with Crippen molar-refractivity contribution in [1.82, 2.24) is 25.0 Å². The van der Waals surface area contributed by atoms with Gasteiger partial charge in [-0.1, -0.05) is 17.3 Å². The molecule has 21 heavy (non-hydrogen) atoms. The van der Waals surface area contributed by atoms with Crippen LogP contribution in [0.1, 0.15) is 10.5 Å². The maximum atomic E-state index is 11.8. The van der Waals surface area contributed by atoms with Crippen LogP contribution in [0.5, 0.6) is 0 Å². The fourth-order valence-electron chi connectivity index (χ4n) is 2.01. The van der Waals surface area contributed by atoms with Crippen molar-refractivity contribution >= 4 is 17.0 Å². The van der Waals surface area contributed by atoms with E-state index in [9.17, 15) is 9.59 Å². The van der Waals surface area contributed by atoms with Crippen molar-refractivity contribution in [3.8, 4) is 0 Å². The zero-order valence-corrected chi connectivity index (χ0v) is 10.9. The molecule has 0 aliphatic heterocycles. The van der Waals surface area contributed by atoms with Crippen LogP contribution in [0, 0.1) is 0 Å². The van der Waals surface area contributed by atoms with Crippen molar-refractivity contribution < 1.29 is 9.21 Å². The SMILES string of the molecule is NNC(=O)c1cn(CCn2c(=O)oc3ccccc32)nn1. The number of rotatable bonds is 4. The molecule has 3 N–H and O–H groups in total. The number of hydrogen-bond donors (Lipinski definition) is 2. The second kappa shape index (κ2) is 5.21. The van der Waals surface area contributed by atoms with E-state index in [1.54, 1.807) is 18.2 Å². The number of carbonyl (C=O) groups excluding carboxylic acids is 1. The van der Waals surface area contributed by atoms with Gasteiger partial charge in [0.1, 0.15) is 0 Å². The molecule has 0 aliphatic rings. The van der Waals surface area contributed by atoms with Gasteiger partial charge >= 0.3 is 5.76 Å². The zero-order chi connectivity index (χ0) is 14.8.